The smallest absolute Gasteiger partial charge is 0.203 e. The molecule has 10 nitrogen and oxygen atoms in total. The first-order valence-electron chi connectivity index (χ1n) is 17.6. The number of aromatic nitrogens is 2. The molecule has 0 bridgehead atoms. The number of halogens is 3. The highest BCUT2D eigenvalue weighted by Gasteiger charge is 2.27. The van der Waals surface area contributed by atoms with Gasteiger partial charge in [0.25, 0.3) is 0 Å². The molecule has 1 fully saturated rings. The number of nitrogens with zero attached hydrogens (tertiary/aromatic N) is 4. The summed E-state index contributed by atoms with van der Waals surface area (Å²) in [5, 5.41) is 0. The molecule has 14 heteroatoms. The zero-order valence-electron chi connectivity index (χ0n) is 32.8. The van der Waals surface area contributed by atoms with Crippen molar-refractivity contribution in [3.05, 3.63) is 96.3 Å². The fourth-order valence-electron chi connectivity index (χ4n) is 7.05. The van der Waals surface area contributed by atoms with Crippen LogP contribution in [0.15, 0.2) is 90.1 Å². The number of thioether (sulfide) groups is 1. The van der Waals surface area contributed by atoms with E-state index in [1.807, 2.05) is 42.7 Å². The first-order valence-corrected chi connectivity index (χ1v) is 18.8. The number of hydrogen-bond acceptors (Lipinski definition) is 11. The number of methoxy groups -OCH3 is 6. The number of rotatable bonds is 15. The van der Waals surface area contributed by atoms with Gasteiger partial charge in [-0.3, -0.25) is 14.9 Å². The number of hydrogen-bond donors (Lipinski definition) is 0. The largest absolute Gasteiger partial charge is 0.493 e. The van der Waals surface area contributed by atoms with E-state index < -0.39 is 0 Å². The fraction of sp³-hybridized carbons (Fsp3) is 0.333. The summed E-state index contributed by atoms with van der Waals surface area (Å²) in [4.78, 5) is 15.9. The van der Waals surface area contributed by atoms with E-state index in [2.05, 4.69) is 63.5 Å². The molecular formula is C42H51Cl3N4O6S. The van der Waals surface area contributed by atoms with Crippen molar-refractivity contribution in [1.82, 2.24) is 14.9 Å². The van der Waals surface area contributed by atoms with E-state index >= 15 is 0 Å². The summed E-state index contributed by atoms with van der Waals surface area (Å²) in [5.41, 5.74) is 7.09. The van der Waals surface area contributed by atoms with Crippen LogP contribution in [-0.2, 0) is 13.1 Å². The molecule has 0 spiro atoms. The third-order valence-corrected chi connectivity index (χ3v) is 10.5. The van der Waals surface area contributed by atoms with Crippen LogP contribution in [0.3, 0.4) is 0 Å². The molecule has 0 aliphatic carbocycles. The topological polar surface area (TPSA) is 87.6 Å². The summed E-state index contributed by atoms with van der Waals surface area (Å²) in [6.07, 6.45) is 7.88. The molecule has 1 saturated heterocycles. The van der Waals surface area contributed by atoms with Gasteiger partial charge in [0, 0.05) is 66.3 Å². The molecule has 3 aromatic carbocycles. The van der Waals surface area contributed by atoms with Crippen molar-refractivity contribution in [2.75, 3.05) is 66.9 Å². The van der Waals surface area contributed by atoms with Crippen molar-refractivity contribution in [3.8, 4) is 57.0 Å². The summed E-state index contributed by atoms with van der Waals surface area (Å²) in [5.74, 6) is 3.52. The predicted molar refractivity (Wildman–Crippen MR) is 233 cm³/mol. The lowest BCUT2D eigenvalue weighted by atomic mass is 9.99. The van der Waals surface area contributed by atoms with E-state index in [1.165, 1.54) is 16.1 Å². The molecule has 5 aromatic rings. The molecular weight excluding hydrogens is 795 g/mol. The molecule has 56 heavy (non-hydrogen) atoms. The molecule has 0 N–H and O–H groups in total. The molecule has 6 rings (SSSR count). The summed E-state index contributed by atoms with van der Waals surface area (Å²) >= 11 is 1.76. The van der Waals surface area contributed by atoms with Gasteiger partial charge in [0.15, 0.2) is 23.0 Å². The monoisotopic (exact) mass is 844 g/mol. The first-order chi connectivity index (χ1) is 25.9. The first kappa shape index (κ1) is 46.1. The maximum absolute atomic E-state index is 5.69. The molecule has 1 aliphatic rings. The van der Waals surface area contributed by atoms with Gasteiger partial charge in [-0.15, -0.1) is 49.0 Å². The fourth-order valence-corrected chi connectivity index (χ4v) is 7.51. The summed E-state index contributed by atoms with van der Waals surface area (Å²) in [7, 11) is 9.75. The minimum Gasteiger partial charge on any atom is -0.493 e. The Labute approximate surface area is 353 Å². The number of likely N-dealkylation sites (tertiary alicyclic amines) is 1. The van der Waals surface area contributed by atoms with Crippen LogP contribution in [0.25, 0.3) is 22.5 Å². The van der Waals surface area contributed by atoms with Crippen molar-refractivity contribution in [1.29, 1.82) is 0 Å². The van der Waals surface area contributed by atoms with Crippen molar-refractivity contribution < 1.29 is 28.4 Å². The maximum Gasteiger partial charge on any atom is 0.203 e. The van der Waals surface area contributed by atoms with E-state index in [1.54, 1.807) is 54.4 Å². The van der Waals surface area contributed by atoms with E-state index in [4.69, 9.17) is 33.4 Å². The van der Waals surface area contributed by atoms with Gasteiger partial charge >= 0.3 is 0 Å². The number of anilines is 1. The Balaban J connectivity index is 0.00000280. The third-order valence-electron chi connectivity index (χ3n) is 9.74. The Morgan fingerprint density at radius 3 is 1.80 bits per heavy atom. The maximum atomic E-state index is 5.69. The highest BCUT2D eigenvalue weighted by atomic mass is 35.5. The van der Waals surface area contributed by atoms with Gasteiger partial charge in [-0.05, 0) is 90.9 Å². The van der Waals surface area contributed by atoms with Gasteiger partial charge in [0.05, 0.1) is 54.0 Å². The number of ether oxygens (including phenoxy) is 6. The average Bonchev–Trinajstić information content (AvgIpc) is 3.22. The van der Waals surface area contributed by atoms with Gasteiger partial charge in [0.2, 0.25) is 11.5 Å². The summed E-state index contributed by atoms with van der Waals surface area (Å²) in [6.45, 7) is 3.48. The van der Waals surface area contributed by atoms with E-state index in [0.29, 0.717) is 47.1 Å². The SMILES string of the molecule is COc1cc(-c2cc(CN3CCC(N(Cc4cccnc4-c4cc(OC)c(OC)c(OC)c4)c4cccc(SC)c4)CC3)ccn2)cc(OC)c1OC.Cl.Cl.Cl. The summed E-state index contributed by atoms with van der Waals surface area (Å²) < 4.78 is 33.7. The molecule has 0 saturated carbocycles. The highest BCUT2D eigenvalue weighted by Crippen LogP contribution is 2.43. The van der Waals surface area contributed by atoms with Crippen LogP contribution >= 0.6 is 49.0 Å². The van der Waals surface area contributed by atoms with Gasteiger partial charge in [-0.1, -0.05) is 12.1 Å². The van der Waals surface area contributed by atoms with E-state index in [9.17, 15) is 0 Å². The standard InChI is InChI=1S/C42H48N4O6S.3ClH/c1-47-36-21-30(22-37(48-2)41(36)51-5)35-20-28(13-17-43-35)26-45-18-14-32(15-19-45)46(33-11-8-12-34(25-33)53-7)27-29-10-9-16-44-40(29)31-23-38(49-3)42(52-6)39(24-31)50-4;;;/h8-13,16-17,20-25,32H,14-15,18-19,26-27H2,1-7H3;3*1H. The zero-order valence-corrected chi connectivity index (χ0v) is 36.0. The van der Waals surface area contributed by atoms with Gasteiger partial charge < -0.3 is 33.3 Å². The van der Waals surface area contributed by atoms with Gasteiger partial charge in [-0.2, -0.15) is 0 Å². The van der Waals surface area contributed by atoms with Crippen LogP contribution < -0.4 is 33.3 Å². The van der Waals surface area contributed by atoms with E-state index in [-0.39, 0.29) is 37.2 Å². The third kappa shape index (κ3) is 10.4. The van der Waals surface area contributed by atoms with Crippen molar-refractivity contribution in [3.63, 3.8) is 0 Å². The molecule has 0 atom stereocenters. The molecule has 0 unspecified atom stereocenters. The Bertz CT molecular complexity index is 1970. The molecule has 2 aromatic heterocycles. The van der Waals surface area contributed by atoms with Gasteiger partial charge in [-0.25, -0.2) is 0 Å². The minimum atomic E-state index is 0. The Hall–Kier alpha value is -4.26. The number of pyridine rings is 2. The van der Waals surface area contributed by atoms with Crippen LogP contribution in [0.5, 0.6) is 34.5 Å². The second-order valence-corrected chi connectivity index (χ2v) is 13.6. The quantitative estimate of drug-likeness (QED) is 0.0945. The minimum absolute atomic E-state index is 0. The molecule has 3 heterocycles. The van der Waals surface area contributed by atoms with Crippen LogP contribution in [-0.4, -0.2) is 82.9 Å². The molecule has 0 radical (unpaired) electrons. The second kappa shape index (κ2) is 21.9. The Kier molecular flexibility index (Phi) is 18.0. The van der Waals surface area contributed by atoms with Crippen LogP contribution in [0.2, 0.25) is 0 Å². The number of piperidine rings is 1. The lowest BCUT2D eigenvalue weighted by molar-refractivity contribution is 0.201. The van der Waals surface area contributed by atoms with Crippen molar-refractivity contribution >= 4 is 54.7 Å². The van der Waals surface area contributed by atoms with Crippen molar-refractivity contribution in [2.24, 2.45) is 0 Å². The predicted octanol–water partition coefficient (Wildman–Crippen LogP) is 9.52. The van der Waals surface area contributed by atoms with Crippen molar-refractivity contribution in [2.45, 2.75) is 36.9 Å². The molecule has 302 valence electrons. The number of benzene rings is 3. The Morgan fingerprint density at radius 1 is 0.661 bits per heavy atom. The van der Waals surface area contributed by atoms with Crippen LogP contribution in [0, 0.1) is 0 Å². The van der Waals surface area contributed by atoms with E-state index in [0.717, 1.165) is 60.6 Å². The van der Waals surface area contributed by atoms with Crippen LogP contribution in [0.4, 0.5) is 5.69 Å². The normalized spacial score (nSPS) is 12.6. The zero-order chi connectivity index (χ0) is 37.3. The summed E-state index contributed by atoms with van der Waals surface area (Å²) in [6, 6.07) is 25.4. The van der Waals surface area contributed by atoms with Gasteiger partial charge in [0.1, 0.15) is 0 Å². The molecule has 0 amide bonds. The lowest BCUT2D eigenvalue weighted by Gasteiger charge is -2.40. The molecule has 1 aliphatic heterocycles. The second-order valence-electron chi connectivity index (χ2n) is 12.7. The Morgan fingerprint density at radius 2 is 1.25 bits per heavy atom. The highest BCUT2D eigenvalue weighted by molar-refractivity contribution is 7.98. The van der Waals surface area contributed by atoms with Crippen LogP contribution in [0.1, 0.15) is 24.0 Å². The average molecular weight is 846 g/mol. The lowest BCUT2D eigenvalue weighted by Crippen LogP contribution is -2.44.